The van der Waals surface area contributed by atoms with Gasteiger partial charge in [0.05, 0.1) is 22.7 Å². The highest BCUT2D eigenvalue weighted by atomic mass is 16.6. The standard InChI is InChI=1S/C11H12N2O3/c14-13(15)8-3-4-10-11(6-8)16-7-9-2-1-5-12(9)10/h3-4,6,9H,1-2,5,7H2. The van der Waals surface area contributed by atoms with E-state index in [2.05, 4.69) is 4.90 Å². The molecule has 0 bridgehead atoms. The minimum absolute atomic E-state index is 0.0939. The third-order valence-corrected chi connectivity index (χ3v) is 3.27. The summed E-state index contributed by atoms with van der Waals surface area (Å²) in [6.45, 7) is 1.67. The number of hydrogen-bond acceptors (Lipinski definition) is 4. The van der Waals surface area contributed by atoms with Crippen LogP contribution in [-0.2, 0) is 0 Å². The van der Waals surface area contributed by atoms with Crippen LogP contribution in [0.4, 0.5) is 11.4 Å². The molecule has 2 aliphatic rings. The Labute approximate surface area is 92.8 Å². The van der Waals surface area contributed by atoms with Gasteiger partial charge in [0, 0.05) is 12.6 Å². The van der Waals surface area contributed by atoms with Gasteiger partial charge in [-0.3, -0.25) is 10.1 Å². The molecule has 0 saturated carbocycles. The fourth-order valence-electron chi connectivity index (χ4n) is 2.48. The number of nitrogens with zero attached hydrogens (tertiary/aromatic N) is 2. The Morgan fingerprint density at radius 3 is 3.19 bits per heavy atom. The van der Waals surface area contributed by atoms with Crippen molar-refractivity contribution in [1.82, 2.24) is 0 Å². The van der Waals surface area contributed by atoms with Gasteiger partial charge in [0.2, 0.25) is 0 Å². The van der Waals surface area contributed by atoms with Gasteiger partial charge in [-0.05, 0) is 18.9 Å². The summed E-state index contributed by atoms with van der Waals surface area (Å²) in [6.07, 6.45) is 2.32. The van der Waals surface area contributed by atoms with Gasteiger partial charge in [0.15, 0.2) is 0 Å². The van der Waals surface area contributed by atoms with Crippen molar-refractivity contribution >= 4 is 11.4 Å². The van der Waals surface area contributed by atoms with Gasteiger partial charge in [-0.1, -0.05) is 0 Å². The van der Waals surface area contributed by atoms with Crippen molar-refractivity contribution in [2.24, 2.45) is 0 Å². The van der Waals surface area contributed by atoms with E-state index in [1.165, 1.54) is 12.5 Å². The van der Waals surface area contributed by atoms with Gasteiger partial charge in [-0.2, -0.15) is 0 Å². The maximum Gasteiger partial charge on any atom is 0.273 e. The second-order valence-electron chi connectivity index (χ2n) is 4.21. The Bertz CT molecular complexity index is 447. The molecule has 0 radical (unpaired) electrons. The third-order valence-electron chi connectivity index (χ3n) is 3.27. The summed E-state index contributed by atoms with van der Waals surface area (Å²) in [6, 6.07) is 5.31. The highest BCUT2D eigenvalue weighted by Gasteiger charge is 2.32. The van der Waals surface area contributed by atoms with Crippen molar-refractivity contribution in [2.45, 2.75) is 18.9 Å². The predicted octanol–water partition coefficient (Wildman–Crippen LogP) is 1.96. The maximum absolute atomic E-state index is 10.7. The molecule has 1 saturated heterocycles. The molecule has 0 aliphatic carbocycles. The lowest BCUT2D eigenvalue weighted by molar-refractivity contribution is -0.384. The molecular weight excluding hydrogens is 208 g/mol. The summed E-state index contributed by atoms with van der Waals surface area (Å²) in [5.41, 5.74) is 1.09. The van der Waals surface area contributed by atoms with Crippen LogP contribution in [-0.4, -0.2) is 24.1 Å². The number of benzene rings is 1. The Hall–Kier alpha value is -1.78. The van der Waals surface area contributed by atoms with E-state index in [-0.39, 0.29) is 10.6 Å². The lowest BCUT2D eigenvalue weighted by atomic mass is 10.1. The first-order valence-corrected chi connectivity index (χ1v) is 5.43. The highest BCUT2D eigenvalue weighted by molar-refractivity contribution is 5.64. The highest BCUT2D eigenvalue weighted by Crippen LogP contribution is 2.39. The van der Waals surface area contributed by atoms with Crippen LogP contribution < -0.4 is 9.64 Å². The molecule has 1 unspecified atom stereocenters. The zero-order valence-corrected chi connectivity index (χ0v) is 8.76. The van der Waals surface area contributed by atoms with Crippen molar-refractivity contribution in [2.75, 3.05) is 18.1 Å². The molecule has 0 amide bonds. The molecule has 2 aliphatic heterocycles. The van der Waals surface area contributed by atoms with Gasteiger partial charge >= 0.3 is 0 Å². The molecule has 1 atom stereocenters. The lowest BCUT2D eigenvalue weighted by Crippen LogP contribution is -2.37. The minimum atomic E-state index is -0.389. The molecular formula is C11H12N2O3. The molecule has 1 fully saturated rings. The Balaban J connectivity index is 2.02. The van der Waals surface area contributed by atoms with Crippen molar-refractivity contribution in [3.05, 3.63) is 28.3 Å². The maximum atomic E-state index is 10.7. The van der Waals surface area contributed by atoms with Gasteiger partial charge in [0.1, 0.15) is 12.4 Å². The van der Waals surface area contributed by atoms with Crippen molar-refractivity contribution in [3.8, 4) is 5.75 Å². The lowest BCUT2D eigenvalue weighted by Gasteiger charge is -2.33. The predicted molar refractivity (Wildman–Crippen MR) is 59.0 cm³/mol. The van der Waals surface area contributed by atoms with Crippen LogP contribution in [0.2, 0.25) is 0 Å². The van der Waals surface area contributed by atoms with Gasteiger partial charge < -0.3 is 9.64 Å². The van der Waals surface area contributed by atoms with E-state index in [4.69, 9.17) is 4.74 Å². The molecule has 0 N–H and O–H groups in total. The average Bonchev–Trinajstić information content (AvgIpc) is 2.76. The first-order valence-electron chi connectivity index (χ1n) is 5.43. The van der Waals surface area contributed by atoms with Crippen LogP contribution in [0.5, 0.6) is 5.75 Å². The number of fused-ring (bicyclic) bond motifs is 3. The second kappa shape index (κ2) is 3.37. The summed E-state index contributed by atoms with van der Waals surface area (Å²) < 4.78 is 5.58. The van der Waals surface area contributed by atoms with Gasteiger partial charge in [0.25, 0.3) is 5.69 Å². The Morgan fingerprint density at radius 2 is 2.38 bits per heavy atom. The zero-order valence-electron chi connectivity index (χ0n) is 8.76. The molecule has 84 valence electrons. The molecule has 0 spiro atoms. The fourth-order valence-corrected chi connectivity index (χ4v) is 2.48. The number of rotatable bonds is 1. The van der Waals surface area contributed by atoms with Crippen molar-refractivity contribution < 1.29 is 9.66 Å². The topological polar surface area (TPSA) is 55.6 Å². The first-order chi connectivity index (χ1) is 7.75. The minimum Gasteiger partial charge on any atom is -0.489 e. The summed E-state index contributed by atoms with van der Waals surface area (Å²) in [5.74, 6) is 0.646. The van der Waals surface area contributed by atoms with Crippen LogP contribution >= 0.6 is 0 Å². The molecule has 0 aromatic heterocycles. The molecule has 1 aromatic carbocycles. The number of ether oxygens (including phenoxy) is 1. The second-order valence-corrected chi connectivity index (χ2v) is 4.21. The van der Waals surface area contributed by atoms with Crippen molar-refractivity contribution in [3.63, 3.8) is 0 Å². The average molecular weight is 220 g/mol. The van der Waals surface area contributed by atoms with E-state index in [0.29, 0.717) is 18.4 Å². The van der Waals surface area contributed by atoms with E-state index in [0.717, 1.165) is 18.7 Å². The zero-order chi connectivity index (χ0) is 11.1. The molecule has 2 heterocycles. The quantitative estimate of drug-likeness (QED) is 0.536. The molecule has 16 heavy (non-hydrogen) atoms. The summed E-state index contributed by atoms with van der Waals surface area (Å²) in [7, 11) is 0. The van der Waals surface area contributed by atoms with Crippen LogP contribution in [0.3, 0.4) is 0 Å². The first kappa shape index (κ1) is 9.45. The number of nitro benzene ring substituents is 1. The summed E-state index contributed by atoms with van der Waals surface area (Å²) >= 11 is 0. The van der Waals surface area contributed by atoms with E-state index in [1.54, 1.807) is 12.1 Å². The van der Waals surface area contributed by atoms with E-state index >= 15 is 0 Å². The Morgan fingerprint density at radius 1 is 1.50 bits per heavy atom. The van der Waals surface area contributed by atoms with Crippen LogP contribution in [0.15, 0.2) is 18.2 Å². The largest absolute Gasteiger partial charge is 0.489 e. The van der Waals surface area contributed by atoms with Gasteiger partial charge in [-0.15, -0.1) is 0 Å². The molecule has 5 heteroatoms. The normalized spacial score (nSPS) is 22.2. The summed E-state index contributed by atoms with van der Waals surface area (Å²) in [5, 5.41) is 10.7. The SMILES string of the molecule is O=[N+]([O-])c1ccc2c(c1)OCC1CCCN21. The van der Waals surface area contributed by atoms with E-state index in [9.17, 15) is 10.1 Å². The van der Waals surface area contributed by atoms with Crippen LogP contribution in [0.25, 0.3) is 0 Å². The van der Waals surface area contributed by atoms with E-state index in [1.807, 2.05) is 0 Å². The van der Waals surface area contributed by atoms with Crippen molar-refractivity contribution in [1.29, 1.82) is 0 Å². The number of non-ortho nitro benzene ring substituents is 1. The van der Waals surface area contributed by atoms with Crippen LogP contribution in [0.1, 0.15) is 12.8 Å². The fraction of sp³-hybridized carbons (Fsp3) is 0.455. The molecule has 1 aromatic rings. The number of anilines is 1. The molecule has 3 rings (SSSR count). The monoisotopic (exact) mass is 220 g/mol. The smallest absolute Gasteiger partial charge is 0.273 e. The number of nitro groups is 1. The van der Waals surface area contributed by atoms with E-state index < -0.39 is 0 Å². The molecule has 5 nitrogen and oxygen atoms in total. The Kier molecular flexibility index (Phi) is 1.99. The van der Waals surface area contributed by atoms with Gasteiger partial charge in [-0.25, -0.2) is 0 Å². The third kappa shape index (κ3) is 1.31. The van der Waals surface area contributed by atoms with Crippen LogP contribution in [0, 0.1) is 10.1 Å². The summed E-state index contributed by atoms with van der Waals surface area (Å²) in [4.78, 5) is 12.6. The number of hydrogen-bond donors (Lipinski definition) is 0.